The SMILES string of the molecule is C#CC1C=CC2C3=C(NC2C1)C(C)(C)C1C=C(N2CCC(N4CCC(F)(F)CC4)CC2)C(CC)=CC1C3=O. The molecule has 2 fully saturated rings. The minimum atomic E-state index is -2.49. The zero-order valence-corrected chi connectivity index (χ0v) is 23.0. The average molecular weight is 522 g/mol. The Kier molecular flexibility index (Phi) is 6.37. The Hall–Kier alpha value is -2.39. The lowest BCUT2D eigenvalue weighted by molar-refractivity contribution is -0.121. The van der Waals surface area contributed by atoms with E-state index in [2.05, 4.69) is 66.1 Å². The molecule has 0 aromatic rings. The molecule has 0 spiro atoms. The molecule has 3 aliphatic heterocycles. The van der Waals surface area contributed by atoms with Crippen LogP contribution in [-0.2, 0) is 4.79 Å². The fourth-order valence-corrected chi connectivity index (χ4v) is 8.03. The van der Waals surface area contributed by atoms with Crippen molar-refractivity contribution >= 4 is 5.78 Å². The molecule has 0 bridgehead atoms. The Balaban J connectivity index is 1.22. The fourth-order valence-electron chi connectivity index (χ4n) is 8.03. The third kappa shape index (κ3) is 4.17. The molecule has 5 atom stereocenters. The second-order valence-electron chi connectivity index (χ2n) is 12.8. The van der Waals surface area contributed by atoms with E-state index in [1.807, 2.05) is 0 Å². The third-order valence-electron chi connectivity index (χ3n) is 10.4. The van der Waals surface area contributed by atoms with Crippen LogP contribution >= 0.6 is 0 Å². The Morgan fingerprint density at radius 3 is 2.45 bits per heavy atom. The topological polar surface area (TPSA) is 35.6 Å². The number of hydrogen-bond donors (Lipinski definition) is 1. The molecular formula is C32H41F2N3O. The summed E-state index contributed by atoms with van der Waals surface area (Å²) in [6, 6.07) is 0.584. The molecule has 2 saturated heterocycles. The maximum atomic E-state index is 14.0. The van der Waals surface area contributed by atoms with E-state index in [1.165, 1.54) is 11.3 Å². The van der Waals surface area contributed by atoms with Crippen LogP contribution in [0.25, 0.3) is 0 Å². The van der Waals surface area contributed by atoms with Crippen LogP contribution in [0.5, 0.6) is 0 Å². The molecule has 3 heterocycles. The van der Waals surface area contributed by atoms with Crippen molar-refractivity contribution in [3.05, 3.63) is 46.8 Å². The smallest absolute Gasteiger partial charge is 0.250 e. The first kappa shape index (κ1) is 25.9. The van der Waals surface area contributed by atoms with E-state index in [0.717, 1.165) is 50.0 Å². The van der Waals surface area contributed by atoms with Crippen LogP contribution < -0.4 is 5.32 Å². The Morgan fingerprint density at radius 1 is 1.08 bits per heavy atom. The number of terminal acetylenes is 1. The number of allylic oxidation sites excluding steroid dienone is 5. The van der Waals surface area contributed by atoms with Gasteiger partial charge in [0.1, 0.15) is 0 Å². The second kappa shape index (κ2) is 9.37. The molecular weight excluding hydrogens is 480 g/mol. The van der Waals surface area contributed by atoms with E-state index in [9.17, 15) is 13.6 Å². The quantitative estimate of drug-likeness (QED) is 0.404. The molecule has 0 saturated carbocycles. The molecule has 38 heavy (non-hydrogen) atoms. The highest BCUT2D eigenvalue weighted by Gasteiger charge is 2.54. The molecule has 0 radical (unpaired) electrons. The second-order valence-corrected chi connectivity index (χ2v) is 12.8. The summed E-state index contributed by atoms with van der Waals surface area (Å²) >= 11 is 0. The summed E-state index contributed by atoms with van der Waals surface area (Å²) in [7, 11) is 0. The van der Waals surface area contributed by atoms with Crippen molar-refractivity contribution in [2.45, 2.75) is 77.3 Å². The number of hydrogen-bond acceptors (Lipinski definition) is 4. The van der Waals surface area contributed by atoms with Crippen LogP contribution in [-0.4, -0.2) is 59.8 Å². The number of ketones is 1. The first-order valence-electron chi connectivity index (χ1n) is 14.6. The van der Waals surface area contributed by atoms with Gasteiger partial charge >= 0.3 is 0 Å². The van der Waals surface area contributed by atoms with Gasteiger partial charge in [-0.2, -0.15) is 0 Å². The number of piperidine rings is 2. The third-order valence-corrected chi connectivity index (χ3v) is 10.4. The van der Waals surface area contributed by atoms with Crippen LogP contribution in [0.3, 0.4) is 0 Å². The van der Waals surface area contributed by atoms with E-state index >= 15 is 0 Å². The van der Waals surface area contributed by atoms with Gasteiger partial charge in [-0.25, -0.2) is 8.78 Å². The summed E-state index contributed by atoms with van der Waals surface area (Å²) in [6.07, 6.45) is 18.4. The van der Waals surface area contributed by atoms with Gasteiger partial charge in [0.2, 0.25) is 0 Å². The number of nitrogens with one attached hydrogen (secondary N) is 1. The number of likely N-dealkylation sites (tertiary alicyclic amines) is 2. The highest BCUT2D eigenvalue weighted by Crippen LogP contribution is 2.54. The molecule has 6 aliphatic rings. The average Bonchev–Trinajstić information content (AvgIpc) is 3.31. The van der Waals surface area contributed by atoms with Crippen molar-refractivity contribution in [1.82, 2.24) is 15.1 Å². The number of fused-ring (bicyclic) bond motifs is 3. The lowest BCUT2D eigenvalue weighted by atomic mass is 9.59. The molecule has 204 valence electrons. The normalized spacial score (nSPS) is 36.5. The number of rotatable bonds is 3. The molecule has 3 aliphatic carbocycles. The van der Waals surface area contributed by atoms with Gasteiger partial charge in [-0.3, -0.25) is 9.69 Å². The van der Waals surface area contributed by atoms with Crippen LogP contribution in [0.2, 0.25) is 0 Å². The summed E-state index contributed by atoms with van der Waals surface area (Å²) in [6.45, 7) is 9.63. The van der Waals surface area contributed by atoms with Gasteiger partial charge < -0.3 is 10.2 Å². The van der Waals surface area contributed by atoms with Crippen molar-refractivity contribution in [2.75, 3.05) is 26.2 Å². The highest BCUT2D eigenvalue weighted by molar-refractivity contribution is 6.02. The number of nitrogens with zero attached hydrogens (tertiary/aromatic N) is 2. The molecule has 0 aromatic heterocycles. The van der Waals surface area contributed by atoms with E-state index in [4.69, 9.17) is 6.42 Å². The van der Waals surface area contributed by atoms with E-state index in [-0.39, 0.29) is 53.8 Å². The summed E-state index contributed by atoms with van der Waals surface area (Å²) < 4.78 is 27.3. The van der Waals surface area contributed by atoms with Gasteiger partial charge in [0.05, 0.1) is 0 Å². The van der Waals surface area contributed by atoms with E-state index in [0.29, 0.717) is 19.1 Å². The largest absolute Gasteiger partial charge is 0.384 e. The summed E-state index contributed by atoms with van der Waals surface area (Å²) in [5.41, 5.74) is 4.45. The van der Waals surface area contributed by atoms with Gasteiger partial charge in [-0.1, -0.05) is 51.0 Å². The Morgan fingerprint density at radius 2 is 1.79 bits per heavy atom. The minimum absolute atomic E-state index is 0.0139. The fraction of sp³-hybridized carbons (Fsp3) is 0.656. The molecule has 5 unspecified atom stereocenters. The molecule has 6 heteroatoms. The van der Waals surface area contributed by atoms with Crippen LogP contribution in [0.4, 0.5) is 8.78 Å². The van der Waals surface area contributed by atoms with Gasteiger partial charge in [0, 0.05) is 97.2 Å². The summed E-state index contributed by atoms with van der Waals surface area (Å²) in [5, 5.41) is 3.77. The zero-order chi connectivity index (χ0) is 26.8. The van der Waals surface area contributed by atoms with Crippen LogP contribution in [0, 0.1) is 41.4 Å². The molecule has 4 nitrogen and oxygen atoms in total. The lowest BCUT2D eigenvalue weighted by Gasteiger charge is -2.47. The molecule has 6 rings (SSSR count). The number of carbonyl (C=O) groups excluding carboxylic acids is 1. The van der Waals surface area contributed by atoms with E-state index < -0.39 is 5.92 Å². The number of Topliss-reactive ketones (excluding diaryl/α,β-unsaturated/α-hetero) is 1. The number of alkyl halides is 2. The van der Waals surface area contributed by atoms with Gasteiger partial charge in [0.15, 0.2) is 5.78 Å². The predicted molar refractivity (Wildman–Crippen MR) is 146 cm³/mol. The maximum absolute atomic E-state index is 14.0. The molecule has 0 amide bonds. The molecule has 1 N–H and O–H groups in total. The number of carbonyl (C=O) groups is 1. The van der Waals surface area contributed by atoms with E-state index in [1.54, 1.807) is 0 Å². The van der Waals surface area contributed by atoms with Crippen LogP contribution in [0.15, 0.2) is 46.8 Å². The lowest BCUT2D eigenvalue weighted by Crippen LogP contribution is -2.50. The van der Waals surface area contributed by atoms with Crippen molar-refractivity contribution < 1.29 is 13.6 Å². The van der Waals surface area contributed by atoms with Crippen molar-refractivity contribution in [3.8, 4) is 12.3 Å². The first-order chi connectivity index (χ1) is 18.1. The van der Waals surface area contributed by atoms with Gasteiger partial charge in [-0.05, 0) is 31.3 Å². The molecule has 0 aromatic carbocycles. The predicted octanol–water partition coefficient (Wildman–Crippen LogP) is 5.31. The Bertz CT molecular complexity index is 1150. The summed E-state index contributed by atoms with van der Waals surface area (Å²) in [4.78, 5) is 18.8. The maximum Gasteiger partial charge on any atom is 0.250 e. The summed E-state index contributed by atoms with van der Waals surface area (Å²) in [5.74, 6) is 0.849. The highest BCUT2D eigenvalue weighted by atomic mass is 19.3. The van der Waals surface area contributed by atoms with Crippen molar-refractivity contribution in [1.29, 1.82) is 0 Å². The number of halogens is 2. The van der Waals surface area contributed by atoms with Crippen molar-refractivity contribution in [2.24, 2.45) is 29.1 Å². The Labute approximate surface area is 226 Å². The first-order valence-corrected chi connectivity index (χ1v) is 14.6. The monoisotopic (exact) mass is 521 g/mol. The standard InChI is InChI=1S/C32H41F2N3O/c1-5-20-7-8-23-26(17-20)35-30-28(23)29(38)24-18-21(6-2)27(19-25(24)31(30,3)4)37-13-9-22(10-14-37)36-15-11-32(33,34)12-16-36/h1,7-8,18-20,22-26,35H,6,9-17H2,2-4H3. The van der Waals surface area contributed by atoms with Crippen LogP contribution in [0.1, 0.15) is 59.3 Å². The van der Waals surface area contributed by atoms with Crippen molar-refractivity contribution in [3.63, 3.8) is 0 Å². The van der Waals surface area contributed by atoms with Gasteiger partial charge in [-0.15, -0.1) is 6.42 Å². The van der Waals surface area contributed by atoms with Gasteiger partial charge in [0.25, 0.3) is 5.92 Å². The zero-order valence-electron chi connectivity index (χ0n) is 23.0. The minimum Gasteiger partial charge on any atom is -0.384 e.